The van der Waals surface area contributed by atoms with Crippen molar-refractivity contribution in [1.29, 1.82) is 0 Å². The third-order valence-electron chi connectivity index (χ3n) is 5.43. The van der Waals surface area contributed by atoms with Crippen LogP contribution in [0.15, 0.2) is 30.3 Å². The Morgan fingerprint density at radius 1 is 1.18 bits per heavy atom. The van der Waals surface area contributed by atoms with Crippen LogP contribution >= 0.6 is 0 Å². The highest BCUT2D eigenvalue weighted by atomic mass is 16.4. The highest BCUT2D eigenvalue weighted by Gasteiger charge is 2.54. The van der Waals surface area contributed by atoms with E-state index in [0.29, 0.717) is 0 Å². The molecule has 2 fully saturated rings. The van der Waals surface area contributed by atoms with E-state index in [2.05, 4.69) is 5.32 Å². The van der Waals surface area contributed by atoms with Crippen molar-refractivity contribution >= 4 is 11.9 Å². The van der Waals surface area contributed by atoms with Crippen LogP contribution in [0, 0.1) is 23.7 Å². The van der Waals surface area contributed by atoms with Gasteiger partial charge in [-0.1, -0.05) is 37.3 Å². The minimum atomic E-state index is -0.805. The van der Waals surface area contributed by atoms with E-state index in [1.165, 1.54) is 0 Å². The van der Waals surface area contributed by atoms with E-state index in [1.807, 2.05) is 37.3 Å². The molecular weight excluding hydrogens is 278 g/mol. The Bertz CT molecular complexity index is 557. The zero-order valence-electron chi connectivity index (χ0n) is 12.9. The third-order valence-corrected chi connectivity index (χ3v) is 5.43. The fraction of sp³-hybridized carbons (Fsp3) is 0.556. The Labute approximate surface area is 130 Å². The quantitative estimate of drug-likeness (QED) is 0.878. The summed E-state index contributed by atoms with van der Waals surface area (Å²) >= 11 is 0. The molecule has 22 heavy (non-hydrogen) atoms. The molecule has 2 bridgehead atoms. The molecule has 0 saturated heterocycles. The van der Waals surface area contributed by atoms with Gasteiger partial charge in [0.1, 0.15) is 0 Å². The number of carbonyl (C=O) groups excluding carboxylic acids is 1. The lowest BCUT2D eigenvalue weighted by Crippen LogP contribution is -2.42. The van der Waals surface area contributed by atoms with E-state index in [1.54, 1.807) is 0 Å². The lowest BCUT2D eigenvalue weighted by atomic mass is 9.78. The number of rotatable bonds is 5. The number of aliphatic carboxylic acids is 1. The maximum atomic E-state index is 12.7. The highest BCUT2D eigenvalue weighted by Crippen LogP contribution is 2.52. The average Bonchev–Trinajstić information content (AvgIpc) is 3.14. The number of fused-ring (bicyclic) bond motifs is 2. The Hall–Kier alpha value is -1.84. The number of amides is 1. The first-order chi connectivity index (χ1) is 10.6. The molecule has 0 aromatic heterocycles. The third kappa shape index (κ3) is 2.62. The summed E-state index contributed by atoms with van der Waals surface area (Å²) in [5.74, 6) is -1.29. The number of carboxylic acids is 1. The second-order valence-corrected chi connectivity index (χ2v) is 6.60. The predicted molar refractivity (Wildman–Crippen MR) is 83.1 cm³/mol. The molecule has 2 aliphatic carbocycles. The van der Waals surface area contributed by atoms with Gasteiger partial charge >= 0.3 is 5.97 Å². The van der Waals surface area contributed by atoms with Gasteiger partial charge in [-0.25, -0.2) is 0 Å². The molecule has 2 N–H and O–H groups in total. The Morgan fingerprint density at radius 2 is 1.82 bits per heavy atom. The second kappa shape index (κ2) is 6.11. The van der Waals surface area contributed by atoms with Crippen molar-refractivity contribution in [3.63, 3.8) is 0 Å². The molecule has 0 spiro atoms. The van der Waals surface area contributed by atoms with Crippen molar-refractivity contribution in [2.75, 3.05) is 0 Å². The molecule has 0 unspecified atom stereocenters. The van der Waals surface area contributed by atoms with Crippen molar-refractivity contribution in [3.8, 4) is 0 Å². The molecule has 118 valence electrons. The first-order valence-electron chi connectivity index (χ1n) is 8.20. The van der Waals surface area contributed by atoms with Crippen molar-refractivity contribution in [2.24, 2.45) is 23.7 Å². The fourth-order valence-corrected chi connectivity index (χ4v) is 4.40. The van der Waals surface area contributed by atoms with Crippen molar-refractivity contribution < 1.29 is 14.7 Å². The van der Waals surface area contributed by atoms with Crippen molar-refractivity contribution in [3.05, 3.63) is 35.9 Å². The Kier molecular flexibility index (Phi) is 4.19. The Morgan fingerprint density at radius 3 is 2.41 bits per heavy atom. The maximum absolute atomic E-state index is 12.7. The van der Waals surface area contributed by atoms with Gasteiger partial charge in [0.05, 0.1) is 17.9 Å². The molecule has 0 heterocycles. The number of benzene rings is 1. The number of nitrogens with one attached hydrogen (secondary N) is 1. The van der Waals surface area contributed by atoms with Crippen LogP contribution in [-0.4, -0.2) is 17.0 Å². The van der Waals surface area contributed by atoms with Crippen LogP contribution in [-0.2, 0) is 9.59 Å². The zero-order valence-corrected chi connectivity index (χ0v) is 12.9. The van der Waals surface area contributed by atoms with E-state index < -0.39 is 11.9 Å². The summed E-state index contributed by atoms with van der Waals surface area (Å²) < 4.78 is 0. The summed E-state index contributed by atoms with van der Waals surface area (Å²) in [5.41, 5.74) is 1.08. The van der Waals surface area contributed by atoms with Gasteiger partial charge < -0.3 is 10.4 Å². The molecule has 0 radical (unpaired) electrons. The second-order valence-electron chi connectivity index (χ2n) is 6.60. The SMILES string of the molecule is CC[C@H](NC(=O)[C@H]1[C@@H]2CC[C@@H](C2)[C@@H]1C(=O)O)c1ccccc1. The van der Waals surface area contributed by atoms with Gasteiger partial charge in [-0.15, -0.1) is 0 Å². The smallest absolute Gasteiger partial charge is 0.307 e. The lowest BCUT2D eigenvalue weighted by Gasteiger charge is -2.29. The molecular formula is C18H23NO3. The molecule has 4 heteroatoms. The summed E-state index contributed by atoms with van der Waals surface area (Å²) in [7, 11) is 0. The average molecular weight is 301 g/mol. The summed E-state index contributed by atoms with van der Waals surface area (Å²) in [6.45, 7) is 2.04. The van der Waals surface area contributed by atoms with Crippen LogP contribution in [0.5, 0.6) is 0 Å². The van der Waals surface area contributed by atoms with Crippen LogP contribution in [0.4, 0.5) is 0 Å². The molecule has 0 aliphatic heterocycles. The maximum Gasteiger partial charge on any atom is 0.307 e. The van der Waals surface area contributed by atoms with E-state index in [4.69, 9.17) is 0 Å². The number of hydrogen-bond acceptors (Lipinski definition) is 2. The van der Waals surface area contributed by atoms with Crippen molar-refractivity contribution in [2.45, 2.75) is 38.6 Å². The summed E-state index contributed by atoms with van der Waals surface area (Å²) in [6.07, 6.45) is 3.65. The predicted octanol–water partition coefficient (Wildman–Crippen LogP) is 3.00. The molecule has 1 aromatic carbocycles. The number of carboxylic acid groups (broad SMARTS) is 1. The normalized spacial score (nSPS) is 31.0. The van der Waals surface area contributed by atoms with Gasteiger partial charge in [-0.2, -0.15) is 0 Å². The fourth-order valence-electron chi connectivity index (χ4n) is 4.40. The number of hydrogen-bond donors (Lipinski definition) is 2. The molecule has 5 atom stereocenters. The van der Waals surface area contributed by atoms with Crippen LogP contribution in [0.1, 0.15) is 44.2 Å². The van der Waals surface area contributed by atoms with Crippen LogP contribution in [0.3, 0.4) is 0 Å². The van der Waals surface area contributed by atoms with Crippen LogP contribution in [0.2, 0.25) is 0 Å². The van der Waals surface area contributed by atoms with Gasteiger partial charge in [0.15, 0.2) is 0 Å². The Balaban J connectivity index is 1.74. The first-order valence-corrected chi connectivity index (χ1v) is 8.20. The molecule has 3 rings (SSSR count). The summed E-state index contributed by atoms with van der Waals surface area (Å²) in [4.78, 5) is 24.3. The zero-order chi connectivity index (χ0) is 15.7. The summed E-state index contributed by atoms with van der Waals surface area (Å²) in [5, 5.41) is 12.6. The highest BCUT2D eigenvalue weighted by molar-refractivity contribution is 5.86. The van der Waals surface area contributed by atoms with Gasteiger partial charge in [0.2, 0.25) is 5.91 Å². The summed E-state index contributed by atoms with van der Waals surface area (Å²) in [6, 6.07) is 9.84. The minimum absolute atomic E-state index is 0.0396. The standard InChI is InChI=1S/C18H23NO3/c1-2-14(11-6-4-3-5-7-11)19-17(20)15-12-8-9-13(10-12)16(15)18(21)22/h3-7,12-16H,2,8-10H2,1H3,(H,19,20)(H,21,22)/t12-,13+,14+,15+,16+/m1/s1. The number of carbonyl (C=O) groups is 2. The minimum Gasteiger partial charge on any atom is -0.481 e. The van der Waals surface area contributed by atoms with Crippen LogP contribution in [0.25, 0.3) is 0 Å². The molecule has 1 amide bonds. The van der Waals surface area contributed by atoms with E-state index >= 15 is 0 Å². The van der Waals surface area contributed by atoms with Gasteiger partial charge in [0, 0.05) is 0 Å². The molecule has 2 aliphatic rings. The van der Waals surface area contributed by atoms with Crippen molar-refractivity contribution in [1.82, 2.24) is 5.32 Å². The molecule has 4 nitrogen and oxygen atoms in total. The largest absolute Gasteiger partial charge is 0.481 e. The van der Waals surface area contributed by atoms with E-state index in [-0.39, 0.29) is 29.7 Å². The van der Waals surface area contributed by atoms with E-state index in [0.717, 1.165) is 31.2 Å². The molecule has 1 aromatic rings. The lowest BCUT2D eigenvalue weighted by molar-refractivity contribution is -0.149. The molecule has 2 saturated carbocycles. The van der Waals surface area contributed by atoms with Gasteiger partial charge in [0.25, 0.3) is 0 Å². The van der Waals surface area contributed by atoms with Gasteiger partial charge in [-0.05, 0) is 43.1 Å². The topological polar surface area (TPSA) is 66.4 Å². The van der Waals surface area contributed by atoms with Gasteiger partial charge in [-0.3, -0.25) is 9.59 Å². The monoisotopic (exact) mass is 301 g/mol. The van der Waals surface area contributed by atoms with E-state index in [9.17, 15) is 14.7 Å². The van der Waals surface area contributed by atoms with Crippen LogP contribution < -0.4 is 5.32 Å². The first kappa shape index (κ1) is 15.1.